The highest BCUT2D eigenvalue weighted by molar-refractivity contribution is 7.92. The molecule has 0 saturated carbocycles. The van der Waals surface area contributed by atoms with E-state index in [9.17, 15) is 13.7 Å². The maximum atomic E-state index is 13.4. The van der Waals surface area contributed by atoms with E-state index in [4.69, 9.17) is 16.6 Å². The van der Waals surface area contributed by atoms with Crippen LogP contribution in [0.25, 0.3) is 11.0 Å². The Balaban J connectivity index is 1.90. The van der Waals surface area contributed by atoms with Crippen molar-refractivity contribution in [3.8, 4) is 6.07 Å². The van der Waals surface area contributed by atoms with Crippen LogP contribution in [0.1, 0.15) is 31.2 Å². The Morgan fingerprint density at radius 1 is 1.03 bits per heavy atom. The van der Waals surface area contributed by atoms with E-state index in [0.717, 1.165) is 19.5 Å². The number of benzene rings is 2. The number of fused-ring (bicyclic) bond motifs is 1. The molecule has 1 aliphatic rings. The third-order valence-corrected chi connectivity index (χ3v) is 7.70. The zero-order valence-electron chi connectivity index (χ0n) is 17.4. The summed E-state index contributed by atoms with van der Waals surface area (Å²) in [6.45, 7) is 5.82. The molecule has 3 atom stereocenters. The van der Waals surface area contributed by atoms with Crippen molar-refractivity contribution in [3.63, 3.8) is 0 Å². The Kier molecular flexibility index (Phi) is 5.87. The Hall–Kier alpha value is -2.69. The summed E-state index contributed by atoms with van der Waals surface area (Å²) >= 11 is 5.92. The van der Waals surface area contributed by atoms with E-state index in [0.29, 0.717) is 33.7 Å². The number of nitrogens with zero attached hydrogens (tertiary/aromatic N) is 4. The van der Waals surface area contributed by atoms with Gasteiger partial charge in [0.05, 0.1) is 22.0 Å². The van der Waals surface area contributed by atoms with Gasteiger partial charge in [0.25, 0.3) is 0 Å². The van der Waals surface area contributed by atoms with Crippen molar-refractivity contribution < 1.29 is 8.42 Å². The number of anilines is 1. The molecule has 1 fully saturated rings. The second-order valence-corrected chi connectivity index (χ2v) is 10.7. The predicted molar refractivity (Wildman–Crippen MR) is 122 cm³/mol. The molecule has 3 aromatic rings. The molecule has 0 amide bonds. The van der Waals surface area contributed by atoms with Gasteiger partial charge in [-0.2, -0.15) is 5.26 Å². The van der Waals surface area contributed by atoms with Gasteiger partial charge in [0.1, 0.15) is 5.69 Å². The topological polar surface area (TPSA) is 86.9 Å². The van der Waals surface area contributed by atoms with Crippen LogP contribution in [0.2, 0.25) is 5.02 Å². The monoisotopic (exact) mass is 454 g/mol. The number of halogens is 1. The van der Waals surface area contributed by atoms with Crippen molar-refractivity contribution in [1.29, 1.82) is 5.26 Å². The third kappa shape index (κ3) is 4.23. The fourth-order valence-corrected chi connectivity index (χ4v) is 5.79. The Labute approximate surface area is 187 Å². The fraction of sp³-hybridized carbons (Fsp3) is 0.348. The van der Waals surface area contributed by atoms with Crippen molar-refractivity contribution in [2.24, 2.45) is 11.8 Å². The first kappa shape index (κ1) is 21.5. The minimum atomic E-state index is -4.03. The van der Waals surface area contributed by atoms with Crippen LogP contribution in [0, 0.1) is 23.2 Å². The molecule has 4 rings (SSSR count). The summed E-state index contributed by atoms with van der Waals surface area (Å²) in [5, 5.41) is 8.94. The van der Waals surface area contributed by atoms with E-state index in [-0.39, 0.29) is 10.6 Å². The minimum absolute atomic E-state index is 0.0322. The van der Waals surface area contributed by atoms with Gasteiger partial charge in [-0.1, -0.05) is 37.6 Å². The predicted octanol–water partition coefficient (Wildman–Crippen LogP) is 4.80. The van der Waals surface area contributed by atoms with E-state index in [1.54, 1.807) is 6.07 Å². The van der Waals surface area contributed by atoms with Gasteiger partial charge in [0, 0.05) is 18.1 Å². The number of aromatic nitrogens is 2. The van der Waals surface area contributed by atoms with Crippen LogP contribution in [0.15, 0.2) is 53.4 Å². The normalized spacial score (nSPS) is 20.4. The Morgan fingerprint density at radius 2 is 1.61 bits per heavy atom. The summed E-state index contributed by atoms with van der Waals surface area (Å²) < 4.78 is 26.8. The van der Waals surface area contributed by atoms with Crippen LogP contribution < -0.4 is 4.90 Å². The molecule has 0 spiro atoms. The average molecular weight is 455 g/mol. The summed E-state index contributed by atoms with van der Waals surface area (Å²) in [5.41, 5.74) is 1.41. The van der Waals surface area contributed by atoms with Crippen LogP contribution in [0.4, 0.5) is 5.82 Å². The number of hydrogen-bond acceptors (Lipinski definition) is 6. The lowest BCUT2D eigenvalue weighted by molar-refractivity contribution is 0.355. The molecule has 0 radical (unpaired) electrons. The molecule has 0 N–H and O–H groups in total. The molecular formula is C23H23ClN4O2S. The highest BCUT2D eigenvalue weighted by atomic mass is 35.5. The quantitative estimate of drug-likeness (QED) is 0.562. The standard InChI is InChI=1S/C23H23ClN4O2S/c1-15-11-16(2)14-28(13-15)23-22(26-19-5-3-4-6-20(19)27-23)21(12-25)31(29,30)18-9-7-17(24)8-10-18/h3-10,15-16,21H,11,13-14H2,1-2H3/t15-,16-,21-/m0/s1. The number of nitriles is 1. The maximum Gasteiger partial charge on any atom is 0.200 e. The lowest BCUT2D eigenvalue weighted by Gasteiger charge is -2.36. The van der Waals surface area contributed by atoms with E-state index in [1.165, 1.54) is 24.3 Å². The Morgan fingerprint density at radius 3 is 2.19 bits per heavy atom. The van der Waals surface area contributed by atoms with Crippen LogP contribution in [-0.2, 0) is 9.84 Å². The van der Waals surface area contributed by atoms with E-state index < -0.39 is 15.1 Å². The van der Waals surface area contributed by atoms with E-state index in [2.05, 4.69) is 23.7 Å². The van der Waals surface area contributed by atoms with E-state index in [1.807, 2.05) is 24.3 Å². The van der Waals surface area contributed by atoms with Gasteiger partial charge in [-0.15, -0.1) is 0 Å². The summed E-state index contributed by atoms with van der Waals surface area (Å²) in [6, 6.07) is 15.1. The third-order valence-electron chi connectivity index (χ3n) is 5.56. The minimum Gasteiger partial charge on any atom is -0.354 e. The molecule has 1 aromatic heterocycles. The largest absolute Gasteiger partial charge is 0.354 e. The molecular weight excluding hydrogens is 432 g/mol. The smallest absolute Gasteiger partial charge is 0.200 e. The van der Waals surface area contributed by atoms with Crippen LogP contribution >= 0.6 is 11.6 Å². The van der Waals surface area contributed by atoms with Gasteiger partial charge in [-0.25, -0.2) is 18.4 Å². The second kappa shape index (κ2) is 8.45. The van der Waals surface area contributed by atoms with Gasteiger partial charge in [-0.3, -0.25) is 0 Å². The Bertz CT molecular complexity index is 1240. The van der Waals surface area contributed by atoms with Gasteiger partial charge >= 0.3 is 0 Å². The zero-order valence-corrected chi connectivity index (χ0v) is 18.9. The van der Waals surface area contributed by atoms with Crippen LogP contribution in [0.3, 0.4) is 0 Å². The first-order valence-electron chi connectivity index (χ1n) is 10.2. The molecule has 1 saturated heterocycles. The summed E-state index contributed by atoms with van der Waals surface area (Å²) in [6.07, 6.45) is 1.09. The summed E-state index contributed by atoms with van der Waals surface area (Å²) in [7, 11) is -4.03. The number of piperidine rings is 1. The molecule has 0 unspecified atom stereocenters. The molecule has 2 heterocycles. The van der Waals surface area contributed by atoms with Crippen molar-refractivity contribution in [2.45, 2.75) is 30.4 Å². The molecule has 160 valence electrons. The number of sulfone groups is 1. The molecule has 0 aliphatic carbocycles. The average Bonchev–Trinajstić information content (AvgIpc) is 2.73. The first-order chi connectivity index (χ1) is 14.8. The van der Waals surface area contributed by atoms with Crippen LogP contribution in [-0.4, -0.2) is 31.5 Å². The van der Waals surface area contributed by atoms with Gasteiger partial charge in [-0.05, 0) is 54.7 Å². The fourth-order valence-electron chi connectivity index (χ4n) is 4.29. The van der Waals surface area contributed by atoms with E-state index >= 15 is 0 Å². The number of hydrogen-bond donors (Lipinski definition) is 0. The molecule has 1 aliphatic heterocycles. The lowest BCUT2D eigenvalue weighted by Crippen LogP contribution is -2.40. The van der Waals surface area contributed by atoms with Crippen molar-refractivity contribution >= 4 is 38.3 Å². The summed E-state index contributed by atoms with van der Waals surface area (Å²) in [5.74, 6) is 1.33. The molecule has 8 heteroatoms. The number of rotatable bonds is 4. The molecule has 2 aromatic carbocycles. The lowest BCUT2D eigenvalue weighted by atomic mass is 9.92. The molecule has 6 nitrogen and oxygen atoms in total. The molecule has 0 bridgehead atoms. The van der Waals surface area contributed by atoms with Gasteiger partial charge in [0.2, 0.25) is 9.84 Å². The highest BCUT2D eigenvalue weighted by Gasteiger charge is 2.36. The maximum absolute atomic E-state index is 13.4. The first-order valence-corrected chi connectivity index (χ1v) is 12.1. The summed E-state index contributed by atoms with van der Waals surface area (Å²) in [4.78, 5) is 11.5. The van der Waals surface area contributed by atoms with Crippen molar-refractivity contribution in [2.75, 3.05) is 18.0 Å². The second-order valence-electron chi connectivity index (χ2n) is 8.28. The zero-order chi connectivity index (χ0) is 22.2. The van der Waals surface area contributed by atoms with Crippen molar-refractivity contribution in [1.82, 2.24) is 9.97 Å². The highest BCUT2D eigenvalue weighted by Crippen LogP contribution is 2.36. The van der Waals surface area contributed by atoms with Crippen LogP contribution in [0.5, 0.6) is 0 Å². The molecule has 31 heavy (non-hydrogen) atoms. The number of para-hydroxylation sites is 2. The van der Waals surface area contributed by atoms with Crippen molar-refractivity contribution in [3.05, 3.63) is 59.2 Å². The van der Waals surface area contributed by atoms with Gasteiger partial charge < -0.3 is 4.90 Å². The SMILES string of the molecule is C[C@H]1C[C@H](C)CN(c2nc3ccccc3nc2[C@H](C#N)S(=O)(=O)c2ccc(Cl)cc2)C1. The van der Waals surface area contributed by atoms with Gasteiger partial charge in [0.15, 0.2) is 11.1 Å².